The molecule has 0 saturated heterocycles. The van der Waals surface area contributed by atoms with Gasteiger partial charge in [-0.3, -0.25) is 0 Å². The Morgan fingerprint density at radius 3 is 2.42 bits per heavy atom. The highest BCUT2D eigenvalue weighted by atomic mass is 16.5. The van der Waals surface area contributed by atoms with E-state index in [1.54, 1.807) is 31.1 Å². The molecule has 0 bridgehead atoms. The summed E-state index contributed by atoms with van der Waals surface area (Å²) in [5.41, 5.74) is 9.36. The molecular formula is C18H16N6O2. The van der Waals surface area contributed by atoms with Crippen LogP contribution < -0.4 is 15.2 Å². The number of aromatic nitrogens is 5. The first-order valence-electron chi connectivity index (χ1n) is 7.84. The van der Waals surface area contributed by atoms with E-state index in [-0.39, 0.29) is 0 Å². The molecule has 1 aromatic carbocycles. The van der Waals surface area contributed by atoms with Crippen LogP contribution >= 0.6 is 0 Å². The van der Waals surface area contributed by atoms with Gasteiger partial charge >= 0.3 is 0 Å². The van der Waals surface area contributed by atoms with Crippen molar-refractivity contribution in [3.05, 3.63) is 48.9 Å². The molecule has 3 heterocycles. The van der Waals surface area contributed by atoms with Crippen molar-refractivity contribution in [1.29, 1.82) is 0 Å². The van der Waals surface area contributed by atoms with Crippen LogP contribution in [0.3, 0.4) is 0 Å². The summed E-state index contributed by atoms with van der Waals surface area (Å²) in [4.78, 5) is 12.7. The third-order valence-electron chi connectivity index (χ3n) is 3.98. The highest BCUT2D eigenvalue weighted by Gasteiger charge is 2.12. The van der Waals surface area contributed by atoms with E-state index >= 15 is 0 Å². The molecule has 0 spiro atoms. The number of nitrogen functional groups attached to an aromatic ring is 1. The summed E-state index contributed by atoms with van der Waals surface area (Å²) in [6.45, 7) is 0. The number of imidazole rings is 1. The van der Waals surface area contributed by atoms with Crippen LogP contribution in [0.25, 0.3) is 28.3 Å². The van der Waals surface area contributed by atoms with E-state index in [1.165, 1.54) is 6.20 Å². The fourth-order valence-corrected chi connectivity index (χ4v) is 2.67. The minimum atomic E-state index is 0.363. The Morgan fingerprint density at radius 1 is 0.846 bits per heavy atom. The van der Waals surface area contributed by atoms with Crippen molar-refractivity contribution in [2.45, 2.75) is 0 Å². The summed E-state index contributed by atoms with van der Waals surface area (Å²) in [5.74, 6) is 1.67. The van der Waals surface area contributed by atoms with Gasteiger partial charge in [0.2, 0.25) is 0 Å². The number of nitrogens with zero attached hydrogens (tertiary/aromatic N) is 5. The highest BCUT2D eigenvalue weighted by Crippen LogP contribution is 2.31. The molecule has 3 aromatic heterocycles. The molecule has 0 aliphatic heterocycles. The Balaban J connectivity index is 1.83. The van der Waals surface area contributed by atoms with Crippen LogP contribution in [-0.4, -0.2) is 38.8 Å². The summed E-state index contributed by atoms with van der Waals surface area (Å²) in [5, 5.41) is 4.69. The monoisotopic (exact) mass is 348 g/mol. The van der Waals surface area contributed by atoms with Crippen molar-refractivity contribution in [2.24, 2.45) is 0 Å². The Labute approximate surface area is 149 Å². The Kier molecular flexibility index (Phi) is 3.85. The van der Waals surface area contributed by atoms with Gasteiger partial charge in [0.15, 0.2) is 17.1 Å². The SMILES string of the molecule is COc1ccc(-c2ccc3ncc(-c4cnc(N)cn4)n3n2)cc1OC. The van der Waals surface area contributed by atoms with Crippen LogP contribution in [-0.2, 0) is 0 Å². The smallest absolute Gasteiger partial charge is 0.161 e. The first kappa shape index (κ1) is 15.8. The molecule has 0 amide bonds. The summed E-state index contributed by atoms with van der Waals surface area (Å²) < 4.78 is 12.4. The van der Waals surface area contributed by atoms with Gasteiger partial charge in [0.05, 0.1) is 38.5 Å². The van der Waals surface area contributed by atoms with Crippen molar-refractivity contribution >= 4 is 11.5 Å². The second-order valence-corrected chi connectivity index (χ2v) is 5.53. The van der Waals surface area contributed by atoms with Gasteiger partial charge in [-0.2, -0.15) is 5.10 Å². The first-order valence-corrected chi connectivity index (χ1v) is 7.84. The molecule has 2 N–H and O–H groups in total. The number of hydrogen-bond acceptors (Lipinski definition) is 7. The largest absolute Gasteiger partial charge is 0.493 e. The van der Waals surface area contributed by atoms with Crippen molar-refractivity contribution in [1.82, 2.24) is 24.6 Å². The fraction of sp³-hybridized carbons (Fsp3) is 0.111. The van der Waals surface area contributed by atoms with E-state index in [9.17, 15) is 0 Å². The van der Waals surface area contributed by atoms with Gasteiger partial charge < -0.3 is 15.2 Å². The molecule has 0 radical (unpaired) electrons. The molecule has 0 fully saturated rings. The molecular weight excluding hydrogens is 332 g/mol. The van der Waals surface area contributed by atoms with E-state index in [2.05, 4.69) is 15.0 Å². The van der Waals surface area contributed by atoms with Crippen molar-refractivity contribution in [2.75, 3.05) is 20.0 Å². The van der Waals surface area contributed by atoms with Gasteiger partial charge in [-0.25, -0.2) is 19.5 Å². The zero-order chi connectivity index (χ0) is 18.1. The lowest BCUT2D eigenvalue weighted by Crippen LogP contribution is -1.99. The lowest BCUT2D eigenvalue weighted by Gasteiger charge is -2.09. The van der Waals surface area contributed by atoms with Crippen LogP contribution in [0.2, 0.25) is 0 Å². The first-order chi connectivity index (χ1) is 12.7. The number of fused-ring (bicyclic) bond motifs is 1. The van der Waals surface area contributed by atoms with Gasteiger partial charge in [-0.1, -0.05) is 0 Å². The summed E-state index contributed by atoms with van der Waals surface area (Å²) in [6, 6.07) is 9.46. The number of nitrogens with two attached hydrogens (primary N) is 1. The molecule has 4 rings (SSSR count). The Hall–Kier alpha value is -3.68. The predicted molar refractivity (Wildman–Crippen MR) is 97.0 cm³/mol. The van der Waals surface area contributed by atoms with Crippen LogP contribution in [0.15, 0.2) is 48.9 Å². The van der Waals surface area contributed by atoms with Crippen molar-refractivity contribution in [3.63, 3.8) is 0 Å². The normalized spacial score (nSPS) is 10.8. The minimum absolute atomic E-state index is 0.363. The molecule has 0 aliphatic carbocycles. The lowest BCUT2D eigenvalue weighted by molar-refractivity contribution is 0.355. The molecule has 8 heteroatoms. The number of rotatable bonds is 4. The molecule has 0 unspecified atom stereocenters. The topological polar surface area (TPSA) is 100 Å². The number of methoxy groups -OCH3 is 2. The van der Waals surface area contributed by atoms with Gasteiger partial charge in [0.25, 0.3) is 0 Å². The Morgan fingerprint density at radius 2 is 1.69 bits per heavy atom. The fourth-order valence-electron chi connectivity index (χ4n) is 2.67. The van der Waals surface area contributed by atoms with Crippen LogP contribution in [0.4, 0.5) is 5.82 Å². The van der Waals surface area contributed by atoms with Crippen molar-refractivity contribution in [3.8, 4) is 34.1 Å². The highest BCUT2D eigenvalue weighted by molar-refractivity contribution is 5.66. The minimum Gasteiger partial charge on any atom is -0.493 e. The summed E-state index contributed by atoms with van der Waals surface area (Å²) in [7, 11) is 3.21. The zero-order valence-electron chi connectivity index (χ0n) is 14.2. The second kappa shape index (κ2) is 6.32. The third kappa shape index (κ3) is 2.67. The number of ether oxygens (including phenoxy) is 2. The number of anilines is 1. The maximum Gasteiger partial charge on any atom is 0.161 e. The standard InChI is InChI=1S/C18H16N6O2/c1-25-15-5-3-11(7-16(15)26-2)12-4-6-18-22-9-14(24(18)23-12)13-8-21-17(19)10-20-13/h3-10H,1-2H3,(H2,19,21). The molecule has 26 heavy (non-hydrogen) atoms. The van der Waals surface area contributed by atoms with Crippen molar-refractivity contribution < 1.29 is 9.47 Å². The van der Waals surface area contributed by atoms with Crippen LogP contribution in [0, 0.1) is 0 Å². The Bertz CT molecular complexity index is 1070. The van der Waals surface area contributed by atoms with Gasteiger partial charge in [-0.15, -0.1) is 0 Å². The van der Waals surface area contributed by atoms with E-state index in [1.807, 2.05) is 30.3 Å². The van der Waals surface area contributed by atoms with E-state index < -0.39 is 0 Å². The zero-order valence-corrected chi connectivity index (χ0v) is 14.2. The van der Waals surface area contributed by atoms with Gasteiger partial charge in [0.1, 0.15) is 17.2 Å². The molecule has 0 aliphatic rings. The van der Waals surface area contributed by atoms with Gasteiger partial charge in [0, 0.05) is 5.56 Å². The average molecular weight is 348 g/mol. The lowest BCUT2D eigenvalue weighted by atomic mass is 10.1. The quantitative estimate of drug-likeness (QED) is 0.604. The molecule has 4 aromatic rings. The average Bonchev–Trinajstić information content (AvgIpc) is 3.11. The van der Waals surface area contributed by atoms with E-state index in [0.717, 1.165) is 17.0 Å². The predicted octanol–water partition coefficient (Wildman–Crippen LogP) is 2.45. The molecule has 0 saturated carbocycles. The second-order valence-electron chi connectivity index (χ2n) is 5.53. The molecule has 8 nitrogen and oxygen atoms in total. The van der Waals surface area contributed by atoms with Gasteiger partial charge in [-0.05, 0) is 30.3 Å². The number of benzene rings is 1. The maximum absolute atomic E-state index is 5.61. The summed E-state index contributed by atoms with van der Waals surface area (Å²) in [6.07, 6.45) is 4.82. The molecule has 130 valence electrons. The van der Waals surface area contributed by atoms with E-state index in [0.29, 0.717) is 28.7 Å². The number of hydrogen-bond donors (Lipinski definition) is 1. The maximum atomic E-state index is 5.61. The van der Waals surface area contributed by atoms with E-state index in [4.69, 9.17) is 20.3 Å². The summed E-state index contributed by atoms with van der Waals surface area (Å²) >= 11 is 0. The van der Waals surface area contributed by atoms with Crippen LogP contribution in [0.5, 0.6) is 11.5 Å². The third-order valence-corrected chi connectivity index (χ3v) is 3.98. The van der Waals surface area contributed by atoms with Crippen LogP contribution in [0.1, 0.15) is 0 Å². The molecule has 0 atom stereocenters.